The van der Waals surface area contributed by atoms with Crippen molar-refractivity contribution in [3.8, 4) is 50.6 Å². The van der Waals surface area contributed by atoms with Crippen LogP contribution in [-0.4, -0.2) is 14.5 Å². The molecule has 0 spiro atoms. The van der Waals surface area contributed by atoms with E-state index in [-0.39, 0.29) is 10.8 Å². The van der Waals surface area contributed by atoms with Gasteiger partial charge in [0.2, 0.25) is 0 Å². The van der Waals surface area contributed by atoms with Gasteiger partial charge in [0.1, 0.15) is 0 Å². The normalized spacial score (nSPS) is 14.9. The lowest BCUT2D eigenvalue weighted by molar-refractivity contribution is 0.636. The van der Waals surface area contributed by atoms with Gasteiger partial charge in [-0.05, 0) is 46.0 Å². The van der Waals surface area contributed by atoms with Crippen molar-refractivity contribution in [3.63, 3.8) is 0 Å². The second-order valence-electron chi connectivity index (χ2n) is 14.6. The van der Waals surface area contributed by atoms with Crippen molar-refractivity contribution in [1.29, 1.82) is 0 Å². The maximum Gasteiger partial charge on any atom is 0.160 e. The summed E-state index contributed by atoms with van der Waals surface area (Å²) in [5, 5.41) is 2.55. The third kappa shape index (κ3) is 3.79. The van der Waals surface area contributed by atoms with Crippen molar-refractivity contribution in [2.75, 3.05) is 0 Å². The molecule has 2 aromatic heterocycles. The largest absolute Gasteiger partial charge is 0.309 e. The average molecular weight is 630 g/mol. The fraction of sp³-hybridized carbons (Fsp3) is 0.130. The summed E-state index contributed by atoms with van der Waals surface area (Å²) in [7, 11) is 0. The van der Waals surface area contributed by atoms with Crippen LogP contribution >= 0.6 is 0 Å². The maximum absolute atomic E-state index is 5.31. The fourth-order valence-electron chi connectivity index (χ4n) is 8.75. The van der Waals surface area contributed by atoms with E-state index in [2.05, 4.69) is 166 Å². The molecular weight excluding hydrogens is 595 g/mol. The van der Waals surface area contributed by atoms with E-state index in [0.717, 1.165) is 39.6 Å². The van der Waals surface area contributed by atoms with Gasteiger partial charge < -0.3 is 4.57 Å². The molecule has 10 rings (SSSR count). The number of rotatable bonds is 3. The summed E-state index contributed by atoms with van der Waals surface area (Å²) in [6.45, 7) is 9.28. The van der Waals surface area contributed by atoms with Gasteiger partial charge in [0.25, 0.3) is 0 Å². The first-order valence-electron chi connectivity index (χ1n) is 17.2. The molecule has 49 heavy (non-hydrogen) atoms. The molecule has 0 bridgehead atoms. The number of fused-ring (bicyclic) bond motifs is 10. The molecule has 0 saturated carbocycles. The SMILES string of the molecule is CC1(C)c2ccccc2-c2c1ccc1c3ccccc3n(-c3ccc(-c4nc(-c5ccccc5)nc5c4-c4ccccc4C5(C)C)cc3)c21. The molecule has 3 nitrogen and oxygen atoms in total. The number of aromatic nitrogens is 3. The highest BCUT2D eigenvalue weighted by molar-refractivity contribution is 6.15. The highest BCUT2D eigenvalue weighted by Crippen LogP contribution is 2.54. The zero-order chi connectivity index (χ0) is 33.1. The van der Waals surface area contributed by atoms with Gasteiger partial charge in [-0.2, -0.15) is 0 Å². The summed E-state index contributed by atoms with van der Waals surface area (Å²) < 4.78 is 2.48. The third-order valence-electron chi connectivity index (χ3n) is 11.2. The van der Waals surface area contributed by atoms with Crippen LogP contribution in [0.2, 0.25) is 0 Å². The Morgan fingerprint density at radius 3 is 1.86 bits per heavy atom. The van der Waals surface area contributed by atoms with Crippen molar-refractivity contribution in [2.45, 2.75) is 38.5 Å². The molecule has 0 radical (unpaired) electrons. The lowest BCUT2D eigenvalue weighted by Gasteiger charge is -2.21. The quantitative estimate of drug-likeness (QED) is 0.195. The summed E-state index contributed by atoms with van der Waals surface area (Å²) >= 11 is 0. The first-order valence-corrected chi connectivity index (χ1v) is 17.2. The molecule has 0 saturated heterocycles. The van der Waals surface area contributed by atoms with Crippen molar-refractivity contribution in [3.05, 3.63) is 162 Å². The van der Waals surface area contributed by atoms with Crippen LogP contribution in [0.25, 0.3) is 72.4 Å². The van der Waals surface area contributed by atoms with Gasteiger partial charge in [0.05, 0.1) is 22.4 Å². The monoisotopic (exact) mass is 629 g/mol. The molecule has 0 N–H and O–H groups in total. The number of benzene rings is 6. The van der Waals surface area contributed by atoms with Gasteiger partial charge in [-0.15, -0.1) is 0 Å². The first-order chi connectivity index (χ1) is 23.8. The Bertz CT molecular complexity index is 2640. The van der Waals surface area contributed by atoms with Crippen LogP contribution in [0.5, 0.6) is 0 Å². The standard InChI is InChI=1S/C46H35N3/c1-45(2)35-19-11-8-17-33(35)39-37(45)27-26-32-31-16-10-13-21-38(31)49(42(32)39)30-24-22-28(23-25-30)41-40-34-18-9-12-20-36(34)46(3,4)43(40)48-44(47-41)29-14-6-5-7-15-29/h5-27H,1-4H3. The Hall–Kier alpha value is -5.80. The van der Waals surface area contributed by atoms with E-state index < -0.39 is 0 Å². The van der Waals surface area contributed by atoms with Gasteiger partial charge in [0.15, 0.2) is 5.82 Å². The number of hydrogen-bond donors (Lipinski definition) is 0. The molecule has 0 atom stereocenters. The molecule has 6 aromatic carbocycles. The van der Waals surface area contributed by atoms with E-state index in [9.17, 15) is 0 Å². The van der Waals surface area contributed by atoms with E-state index in [0.29, 0.717) is 0 Å². The number of nitrogens with zero attached hydrogens (tertiary/aromatic N) is 3. The predicted molar refractivity (Wildman–Crippen MR) is 202 cm³/mol. The zero-order valence-electron chi connectivity index (χ0n) is 28.1. The number of para-hydroxylation sites is 1. The maximum atomic E-state index is 5.31. The molecule has 0 fully saturated rings. The van der Waals surface area contributed by atoms with E-state index in [4.69, 9.17) is 9.97 Å². The summed E-state index contributed by atoms with van der Waals surface area (Å²) in [4.78, 5) is 10.6. The lowest BCUT2D eigenvalue weighted by atomic mass is 9.82. The molecule has 0 aliphatic heterocycles. The molecule has 2 heterocycles. The highest BCUT2D eigenvalue weighted by Gasteiger charge is 2.40. The fourth-order valence-corrected chi connectivity index (χ4v) is 8.75. The smallest absolute Gasteiger partial charge is 0.160 e. The van der Waals surface area contributed by atoms with Crippen LogP contribution in [0.3, 0.4) is 0 Å². The first kappa shape index (κ1) is 28.2. The van der Waals surface area contributed by atoms with Crippen LogP contribution in [0.15, 0.2) is 140 Å². The highest BCUT2D eigenvalue weighted by atomic mass is 15.0. The Morgan fingerprint density at radius 1 is 0.469 bits per heavy atom. The molecule has 0 amide bonds. The predicted octanol–water partition coefficient (Wildman–Crippen LogP) is 11.5. The Morgan fingerprint density at radius 2 is 1.10 bits per heavy atom. The van der Waals surface area contributed by atoms with Crippen LogP contribution in [0.1, 0.15) is 50.1 Å². The summed E-state index contributed by atoms with van der Waals surface area (Å²) in [5.74, 6) is 0.763. The van der Waals surface area contributed by atoms with Gasteiger partial charge >= 0.3 is 0 Å². The minimum absolute atomic E-state index is 0.0703. The van der Waals surface area contributed by atoms with Gasteiger partial charge in [-0.25, -0.2) is 9.97 Å². The lowest BCUT2D eigenvalue weighted by Crippen LogP contribution is -2.17. The van der Waals surface area contributed by atoms with Gasteiger partial charge in [0, 0.05) is 49.5 Å². The third-order valence-corrected chi connectivity index (χ3v) is 11.2. The topological polar surface area (TPSA) is 30.7 Å². The van der Waals surface area contributed by atoms with Gasteiger partial charge in [-0.1, -0.05) is 149 Å². The second-order valence-corrected chi connectivity index (χ2v) is 14.6. The Kier molecular flexibility index (Phi) is 5.69. The van der Waals surface area contributed by atoms with E-state index >= 15 is 0 Å². The number of hydrogen-bond acceptors (Lipinski definition) is 2. The van der Waals surface area contributed by atoms with E-state index in [1.54, 1.807) is 0 Å². The Labute approximate surface area is 286 Å². The van der Waals surface area contributed by atoms with Gasteiger partial charge in [-0.3, -0.25) is 0 Å². The second kappa shape index (κ2) is 9.87. The van der Waals surface area contributed by atoms with Crippen LogP contribution in [0, 0.1) is 0 Å². The summed E-state index contributed by atoms with van der Waals surface area (Å²) in [5.41, 5.74) is 16.6. The summed E-state index contributed by atoms with van der Waals surface area (Å²) in [6.07, 6.45) is 0. The zero-order valence-corrected chi connectivity index (χ0v) is 28.1. The van der Waals surface area contributed by atoms with Crippen molar-refractivity contribution in [1.82, 2.24) is 14.5 Å². The van der Waals surface area contributed by atoms with Crippen LogP contribution in [0.4, 0.5) is 0 Å². The van der Waals surface area contributed by atoms with Crippen LogP contribution < -0.4 is 0 Å². The van der Waals surface area contributed by atoms with Crippen molar-refractivity contribution in [2.24, 2.45) is 0 Å². The summed E-state index contributed by atoms with van der Waals surface area (Å²) in [6, 6.07) is 50.6. The molecule has 2 aliphatic rings. The minimum Gasteiger partial charge on any atom is -0.309 e. The molecule has 234 valence electrons. The van der Waals surface area contributed by atoms with Crippen molar-refractivity contribution >= 4 is 21.8 Å². The van der Waals surface area contributed by atoms with E-state index in [1.165, 1.54) is 55.2 Å². The van der Waals surface area contributed by atoms with Crippen LogP contribution in [-0.2, 0) is 10.8 Å². The Balaban J connectivity index is 1.22. The average Bonchev–Trinajstić information content (AvgIpc) is 3.69. The molecule has 0 unspecified atom stereocenters. The van der Waals surface area contributed by atoms with E-state index in [1.807, 2.05) is 6.07 Å². The minimum atomic E-state index is -0.236. The molecule has 2 aliphatic carbocycles. The molecule has 8 aromatic rings. The molecule has 3 heteroatoms. The van der Waals surface area contributed by atoms with Crippen molar-refractivity contribution < 1.29 is 0 Å². The molecular formula is C46H35N3.